The summed E-state index contributed by atoms with van der Waals surface area (Å²) >= 11 is 6.77. The van der Waals surface area contributed by atoms with Crippen LogP contribution in [0.25, 0.3) is 0 Å². The fourth-order valence-electron chi connectivity index (χ4n) is 2.54. The summed E-state index contributed by atoms with van der Waals surface area (Å²) in [4.78, 5) is 13.6. The largest absolute Gasteiger partial charge is 0.462 e. The van der Waals surface area contributed by atoms with Gasteiger partial charge in [0.25, 0.3) is 0 Å². The van der Waals surface area contributed by atoms with Gasteiger partial charge in [-0.3, -0.25) is 0 Å². The summed E-state index contributed by atoms with van der Waals surface area (Å²) < 4.78 is 11.2. The van der Waals surface area contributed by atoms with Crippen molar-refractivity contribution in [3.63, 3.8) is 0 Å². The highest BCUT2D eigenvalue weighted by atomic mass is 32.1. The Hall–Kier alpha value is -1.44. The van der Waals surface area contributed by atoms with Gasteiger partial charge < -0.3 is 20.1 Å². The first-order valence-corrected chi connectivity index (χ1v) is 9.29. The van der Waals surface area contributed by atoms with Crippen molar-refractivity contribution in [3.8, 4) is 0 Å². The van der Waals surface area contributed by atoms with Gasteiger partial charge in [-0.25, -0.2) is 4.79 Å². The van der Waals surface area contributed by atoms with Crippen LogP contribution in [-0.4, -0.2) is 30.3 Å². The molecule has 0 spiro atoms. The van der Waals surface area contributed by atoms with Crippen LogP contribution in [0.5, 0.6) is 0 Å². The molecule has 0 saturated heterocycles. The number of rotatable bonds is 6. The van der Waals surface area contributed by atoms with Crippen molar-refractivity contribution in [2.75, 3.05) is 18.5 Å². The van der Waals surface area contributed by atoms with Crippen LogP contribution in [0.1, 0.15) is 41.6 Å². The predicted molar refractivity (Wildman–Crippen MR) is 102 cm³/mol. The average molecular weight is 369 g/mol. The molecule has 2 rings (SSSR count). The number of carbonyl (C=O) groups is 1. The van der Waals surface area contributed by atoms with Gasteiger partial charge >= 0.3 is 5.97 Å². The summed E-state index contributed by atoms with van der Waals surface area (Å²) in [5.41, 5.74) is 1.62. The number of fused-ring (bicyclic) bond motifs is 1. The van der Waals surface area contributed by atoms with E-state index in [1.54, 1.807) is 13.0 Å². The van der Waals surface area contributed by atoms with Gasteiger partial charge in [0.05, 0.1) is 24.9 Å². The molecule has 0 bridgehead atoms. The van der Waals surface area contributed by atoms with Gasteiger partial charge in [-0.05, 0) is 30.6 Å². The van der Waals surface area contributed by atoms with Crippen LogP contribution in [0, 0.1) is 5.92 Å². The molecule has 1 aromatic rings. The molecule has 1 aliphatic rings. The Balaban J connectivity index is 2.31. The number of thiophene rings is 1. The maximum absolute atomic E-state index is 12.5. The van der Waals surface area contributed by atoms with E-state index in [9.17, 15) is 4.79 Å². The van der Waals surface area contributed by atoms with E-state index in [0.29, 0.717) is 47.8 Å². The Morgan fingerprint density at radius 3 is 2.96 bits per heavy atom. The first-order valence-electron chi connectivity index (χ1n) is 8.06. The standard InChI is InChI=1S/C17H24N2O3S2/c1-5-7-18-17(23)19-15-14(16(20)21-6-2)11-8-12(10(3)4)22-9-13(11)24-15/h5,10,12H,1,6-9H2,2-4H3,(H2,18,19,23)/t12-/m0/s1. The summed E-state index contributed by atoms with van der Waals surface area (Å²) in [5.74, 6) is 0.0771. The highest BCUT2D eigenvalue weighted by Crippen LogP contribution is 2.39. The molecule has 2 N–H and O–H groups in total. The van der Waals surface area contributed by atoms with Crippen molar-refractivity contribution in [1.82, 2.24) is 5.32 Å². The van der Waals surface area contributed by atoms with Gasteiger partial charge in [-0.1, -0.05) is 19.9 Å². The van der Waals surface area contributed by atoms with Crippen molar-refractivity contribution in [1.29, 1.82) is 0 Å². The number of hydrogen-bond donors (Lipinski definition) is 2. The molecule has 0 amide bonds. The lowest BCUT2D eigenvalue weighted by atomic mass is 9.94. The third kappa shape index (κ3) is 4.34. The van der Waals surface area contributed by atoms with E-state index in [0.717, 1.165) is 10.4 Å². The average Bonchev–Trinajstić information content (AvgIpc) is 2.89. The molecule has 2 heterocycles. The van der Waals surface area contributed by atoms with Crippen LogP contribution in [0.3, 0.4) is 0 Å². The third-order valence-corrected chi connectivity index (χ3v) is 5.15. The number of thiocarbonyl (C=S) groups is 1. The summed E-state index contributed by atoms with van der Waals surface area (Å²) in [6, 6.07) is 0. The van der Waals surface area contributed by atoms with E-state index in [4.69, 9.17) is 21.7 Å². The molecular formula is C17H24N2O3S2. The number of ether oxygens (including phenoxy) is 2. The van der Waals surface area contributed by atoms with Crippen LogP contribution in [-0.2, 0) is 22.5 Å². The van der Waals surface area contributed by atoms with Gasteiger partial charge in [0.1, 0.15) is 5.00 Å². The molecule has 24 heavy (non-hydrogen) atoms. The predicted octanol–water partition coefficient (Wildman–Crippen LogP) is 3.49. The molecular weight excluding hydrogens is 344 g/mol. The Bertz CT molecular complexity index is 626. The molecule has 0 radical (unpaired) electrons. The smallest absolute Gasteiger partial charge is 0.341 e. The summed E-state index contributed by atoms with van der Waals surface area (Å²) in [6.07, 6.45) is 2.55. The van der Waals surface area contributed by atoms with E-state index in [1.807, 2.05) is 0 Å². The second-order valence-electron chi connectivity index (χ2n) is 5.85. The van der Waals surface area contributed by atoms with E-state index in [-0.39, 0.29) is 12.1 Å². The van der Waals surface area contributed by atoms with Crippen LogP contribution in [0.15, 0.2) is 12.7 Å². The van der Waals surface area contributed by atoms with Crippen molar-refractivity contribution >= 4 is 39.6 Å². The Kier molecular flexibility index (Phi) is 6.77. The lowest BCUT2D eigenvalue weighted by Gasteiger charge is -2.26. The lowest BCUT2D eigenvalue weighted by molar-refractivity contribution is 0.00124. The first kappa shape index (κ1) is 18.9. The van der Waals surface area contributed by atoms with Gasteiger partial charge in [0.2, 0.25) is 0 Å². The molecule has 0 fully saturated rings. The summed E-state index contributed by atoms with van der Waals surface area (Å²) in [5, 5.41) is 7.31. The van der Waals surface area contributed by atoms with Crippen molar-refractivity contribution < 1.29 is 14.3 Å². The highest BCUT2D eigenvalue weighted by molar-refractivity contribution is 7.80. The van der Waals surface area contributed by atoms with Gasteiger partial charge in [0.15, 0.2) is 5.11 Å². The second-order valence-corrected chi connectivity index (χ2v) is 7.36. The van der Waals surface area contributed by atoms with Crippen LogP contribution in [0.2, 0.25) is 0 Å². The Morgan fingerprint density at radius 1 is 1.58 bits per heavy atom. The number of carbonyl (C=O) groups excluding carboxylic acids is 1. The SMILES string of the molecule is C=CCNC(=S)Nc1sc2c(c1C(=O)OCC)C[C@@H](C(C)C)OC2. The Labute approximate surface area is 152 Å². The molecule has 0 saturated carbocycles. The number of esters is 1. The van der Waals surface area contributed by atoms with Crippen LogP contribution in [0.4, 0.5) is 5.00 Å². The van der Waals surface area contributed by atoms with Crippen molar-refractivity contribution in [2.24, 2.45) is 5.92 Å². The maximum atomic E-state index is 12.5. The summed E-state index contributed by atoms with van der Waals surface area (Å²) in [7, 11) is 0. The molecule has 0 aromatic carbocycles. The van der Waals surface area contributed by atoms with Gasteiger partial charge in [-0.15, -0.1) is 17.9 Å². The molecule has 132 valence electrons. The number of hydrogen-bond acceptors (Lipinski definition) is 5. The Morgan fingerprint density at radius 2 is 2.33 bits per heavy atom. The third-order valence-electron chi connectivity index (χ3n) is 3.78. The monoisotopic (exact) mass is 368 g/mol. The summed E-state index contributed by atoms with van der Waals surface area (Å²) in [6.45, 7) is 11.1. The van der Waals surface area contributed by atoms with E-state index in [1.165, 1.54) is 11.3 Å². The van der Waals surface area contributed by atoms with Crippen LogP contribution < -0.4 is 10.6 Å². The molecule has 7 heteroatoms. The molecule has 1 aliphatic heterocycles. The topological polar surface area (TPSA) is 59.6 Å². The minimum atomic E-state index is -0.312. The van der Waals surface area contributed by atoms with E-state index >= 15 is 0 Å². The lowest BCUT2D eigenvalue weighted by Crippen LogP contribution is -2.29. The minimum absolute atomic E-state index is 0.110. The van der Waals surface area contributed by atoms with Crippen LogP contribution >= 0.6 is 23.6 Å². The molecule has 0 aliphatic carbocycles. The maximum Gasteiger partial charge on any atom is 0.341 e. The fourth-order valence-corrected chi connectivity index (χ4v) is 3.93. The number of nitrogens with one attached hydrogen (secondary N) is 2. The van der Waals surface area contributed by atoms with Crippen molar-refractivity contribution in [2.45, 2.75) is 39.9 Å². The molecule has 1 atom stereocenters. The molecule has 5 nitrogen and oxygen atoms in total. The minimum Gasteiger partial charge on any atom is -0.462 e. The highest BCUT2D eigenvalue weighted by Gasteiger charge is 2.31. The van der Waals surface area contributed by atoms with Gasteiger partial charge in [0, 0.05) is 17.8 Å². The van der Waals surface area contributed by atoms with Gasteiger partial charge in [-0.2, -0.15) is 0 Å². The first-order chi connectivity index (χ1) is 11.5. The second kappa shape index (κ2) is 8.60. The fraction of sp³-hybridized carbons (Fsp3) is 0.529. The zero-order chi connectivity index (χ0) is 17.7. The molecule has 1 aromatic heterocycles. The zero-order valence-corrected chi connectivity index (χ0v) is 15.9. The quantitative estimate of drug-likeness (QED) is 0.455. The number of anilines is 1. The zero-order valence-electron chi connectivity index (χ0n) is 14.3. The molecule has 0 unspecified atom stereocenters. The van der Waals surface area contributed by atoms with E-state index < -0.39 is 0 Å². The normalized spacial score (nSPS) is 16.4. The van der Waals surface area contributed by atoms with Crippen molar-refractivity contribution in [3.05, 3.63) is 28.7 Å². The van der Waals surface area contributed by atoms with E-state index in [2.05, 4.69) is 31.1 Å².